The third-order valence-corrected chi connectivity index (χ3v) is 6.87. The molecule has 0 heterocycles. The summed E-state index contributed by atoms with van der Waals surface area (Å²) < 4.78 is 11.1. The number of aliphatic carboxylic acids is 1. The Morgan fingerprint density at radius 1 is 1.03 bits per heavy atom. The second-order valence-electron chi connectivity index (χ2n) is 9.10. The molecule has 0 aromatic heterocycles. The highest BCUT2D eigenvalue weighted by Gasteiger charge is 2.53. The van der Waals surface area contributed by atoms with E-state index in [0.717, 1.165) is 18.1 Å². The molecule has 6 atom stereocenters. The highest BCUT2D eigenvalue weighted by Crippen LogP contribution is 2.49. The number of carbonyl (C=O) groups is 2. The first-order chi connectivity index (χ1) is 16.7. The molecule has 2 saturated carbocycles. The number of carboxylic acids is 1. The normalized spacial score (nSPS) is 30.5. The Hall–Kier alpha value is -2.91. The lowest BCUT2D eigenvalue weighted by molar-refractivity contribution is -0.207. The van der Waals surface area contributed by atoms with Gasteiger partial charge in [0.2, 0.25) is 0 Å². The zero-order valence-corrected chi connectivity index (χ0v) is 19.5. The summed E-state index contributed by atoms with van der Waals surface area (Å²) in [5, 5.41) is 41.5. The zero-order chi connectivity index (χ0) is 25.2. The van der Waals surface area contributed by atoms with Gasteiger partial charge in [-0.1, -0.05) is 54.1 Å². The fraction of sp³-hybridized carbons (Fsp3) is 0.385. The van der Waals surface area contributed by atoms with Crippen molar-refractivity contribution in [2.45, 2.75) is 49.1 Å². The molecule has 0 bridgehead atoms. The second-order valence-corrected chi connectivity index (χ2v) is 9.54. The molecule has 2 aromatic carbocycles. The van der Waals surface area contributed by atoms with E-state index in [1.807, 2.05) is 12.1 Å². The predicted octanol–water partition coefficient (Wildman–Crippen LogP) is 3.31. The van der Waals surface area contributed by atoms with Gasteiger partial charge in [-0.3, -0.25) is 0 Å². The van der Waals surface area contributed by atoms with Gasteiger partial charge < -0.3 is 29.9 Å². The molecule has 4 rings (SSSR count). The zero-order valence-electron chi connectivity index (χ0n) is 18.8. The van der Waals surface area contributed by atoms with E-state index in [-0.39, 0.29) is 37.0 Å². The van der Waals surface area contributed by atoms with Crippen LogP contribution in [0.25, 0.3) is 5.76 Å². The summed E-state index contributed by atoms with van der Waals surface area (Å²) in [5.74, 6) is -2.31. The monoisotopic (exact) mass is 502 g/mol. The maximum Gasteiger partial charge on any atom is 0.336 e. The first-order valence-corrected chi connectivity index (χ1v) is 11.7. The third-order valence-electron chi connectivity index (χ3n) is 6.62. The van der Waals surface area contributed by atoms with E-state index in [9.17, 15) is 30.0 Å². The van der Waals surface area contributed by atoms with Crippen LogP contribution in [0.4, 0.5) is 0 Å². The lowest BCUT2D eigenvalue weighted by Gasteiger charge is -2.42. The molecule has 2 aromatic rings. The van der Waals surface area contributed by atoms with Gasteiger partial charge in [0.25, 0.3) is 0 Å². The maximum absolute atomic E-state index is 12.4. The summed E-state index contributed by atoms with van der Waals surface area (Å²) in [7, 11) is 0. The predicted molar refractivity (Wildman–Crippen MR) is 127 cm³/mol. The van der Waals surface area contributed by atoms with Crippen LogP contribution in [-0.2, 0) is 19.1 Å². The van der Waals surface area contributed by atoms with E-state index in [2.05, 4.69) is 0 Å². The maximum atomic E-state index is 12.4. The molecule has 2 aliphatic carbocycles. The topological polar surface area (TPSA) is 134 Å². The number of aliphatic hydroxyl groups excluding tert-OH is 3. The van der Waals surface area contributed by atoms with Crippen LogP contribution in [-0.4, -0.2) is 62.9 Å². The third kappa shape index (κ3) is 5.85. The quantitative estimate of drug-likeness (QED) is 0.245. The summed E-state index contributed by atoms with van der Waals surface area (Å²) in [6.45, 7) is 0.137. The van der Waals surface area contributed by atoms with Gasteiger partial charge in [0.1, 0.15) is 18.0 Å². The van der Waals surface area contributed by atoms with E-state index in [0.29, 0.717) is 10.6 Å². The summed E-state index contributed by atoms with van der Waals surface area (Å²) >= 11 is 5.94. The minimum atomic E-state index is -1.83. The molecular weight excluding hydrogens is 476 g/mol. The van der Waals surface area contributed by atoms with Crippen molar-refractivity contribution in [3.8, 4) is 0 Å². The smallest absolute Gasteiger partial charge is 0.336 e. The fourth-order valence-corrected chi connectivity index (χ4v) is 4.63. The molecular formula is C26H27ClO8. The molecule has 0 spiro atoms. The van der Waals surface area contributed by atoms with Crippen LogP contribution < -0.4 is 0 Å². The SMILES string of the molecule is O=C(/C=C(\O)c1ccccc1)O[C@@H]1C[C@](OC[C@@H]2C[C@@H]2c2ccc(Cl)cc2)(C(=O)O)C[C@@H](O)[C@H]1O. The van der Waals surface area contributed by atoms with Crippen LogP contribution in [0.1, 0.15) is 36.3 Å². The molecule has 35 heavy (non-hydrogen) atoms. The van der Waals surface area contributed by atoms with E-state index in [1.165, 1.54) is 0 Å². The van der Waals surface area contributed by atoms with Gasteiger partial charge in [-0.2, -0.15) is 0 Å². The molecule has 0 saturated heterocycles. The molecule has 9 heteroatoms. The largest absolute Gasteiger partial charge is 0.507 e. The molecule has 0 unspecified atom stereocenters. The number of aliphatic hydroxyl groups is 3. The Kier molecular flexibility index (Phi) is 7.47. The number of halogens is 1. The minimum absolute atomic E-state index is 0.100. The van der Waals surface area contributed by atoms with Crippen LogP contribution in [0.2, 0.25) is 5.02 Å². The van der Waals surface area contributed by atoms with Gasteiger partial charge in [-0.05, 0) is 36.0 Å². The fourth-order valence-electron chi connectivity index (χ4n) is 4.50. The number of carboxylic acid groups (broad SMARTS) is 1. The number of hydrogen-bond donors (Lipinski definition) is 4. The van der Waals surface area contributed by atoms with Crippen molar-refractivity contribution in [1.82, 2.24) is 0 Å². The molecule has 186 valence electrons. The van der Waals surface area contributed by atoms with Gasteiger partial charge >= 0.3 is 11.9 Å². The van der Waals surface area contributed by atoms with Gasteiger partial charge in [-0.15, -0.1) is 0 Å². The lowest BCUT2D eigenvalue weighted by Crippen LogP contribution is -2.58. The summed E-state index contributed by atoms with van der Waals surface area (Å²) in [6.07, 6.45) is -3.34. The van der Waals surface area contributed by atoms with Gasteiger partial charge in [0.05, 0.1) is 18.8 Å². The second kappa shape index (κ2) is 10.4. The van der Waals surface area contributed by atoms with E-state index in [4.69, 9.17) is 21.1 Å². The van der Waals surface area contributed by atoms with Crippen LogP contribution in [0.3, 0.4) is 0 Å². The van der Waals surface area contributed by atoms with Crippen molar-refractivity contribution < 1.29 is 39.5 Å². The number of esters is 1. The van der Waals surface area contributed by atoms with E-state index >= 15 is 0 Å². The molecule has 4 N–H and O–H groups in total. The van der Waals surface area contributed by atoms with Crippen LogP contribution >= 0.6 is 11.6 Å². The number of benzene rings is 2. The molecule has 0 amide bonds. The average Bonchev–Trinajstić information content (AvgIpc) is 3.61. The number of hydrogen-bond acceptors (Lipinski definition) is 7. The van der Waals surface area contributed by atoms with Crippen molar-refractivity contribution >= 4 is 29.3 Å². The Morgan fingerprint density at radius 3 is 2.37 bits per heavy atom. The number of rotatable bonds is 8. The highest BCUT2D eigenvalue weighted by molar-refractivity contribution is 6.30. The molecule has 0 radical (unpaired) electrons. The summed E-state index contributed by atoms with van der Waals surface area (Å²) in [6, 6.07) is 15.8. The summed E-state index contributed by atoms with van der Waals surface area (Å²) in [5.41, 5.74) is -0.359. The van der Waals surface area contributed by atoms with Crippen LogP contribution in [0, 0.1) is 5.92 Å². The van der Waals surface area contributed by atoms with E-state index < -0.39 is 35.9 Å². The first-order valence-electron chi connectivity index (χ1n) is 11.3. The molecule has 2 aliphatic rings. The number of carbonyl (C=O) groups excluding carboxylic acids is 1. The minimum Gasteiger partial charge on any atom is -0.507 e. The number of ether oxygens (including phenoxy) is 2. The van der Waals surface area contributed by atoms with Gasteiger partial charge in [0.15, 0.2) is 5.60 Å². The lowest BCUT2D eigenvalue weighted by atomic mass is 9.79. The van der Waals surface area contributed by atoms with Gasteiger partial charge in [0, 0.05) is 23.4 Å². The summed E-state index contributed by atoms with van der Waals surface area (Å²) in [4.78, 5) is 24.6. The average molecular weight is 503 g/mol. The molecule has 2 fully saturated rings. The van der Waals surface area contributed by atoms with Crippen molar-refractivity contribution in [3.05, 3.63) is 76.8 Å². The standard InChI is InChI=1S/C26H27ClO8/c27-18-8-6-15(7-9-18)19-10-17(19)14-34-26(25(32)33)12-21(29)24(31)22(13-26)35-23(30)11-20(28)16-4-2-1-3-5-16/h1-9,11,17,19,21-22,24,28-29,31H,10,12-14H2,(H,32,33)/b20-11-/t17-,19+,21+,22+,24+,26-/m0/s1. The Labute approximate surface area is 207 Å². The van der Waals surface area contributed by atoms with Crippen LogP contribution in [0.5, 0.6) is 0 Å². The van der Waals surface area contributed by atoms with Crippen molar-refractivity contribution in [2.75, 3.05) is 6.61 Å². The van der Waals surface area contributed by atoms with Crippen molar-refractivity contribution in [3.63, 3.8) is 0 Å². The molecule has 8 nitrogen and oxygen atoms in total. The van der Waals surface area contributed by atoms with Gasteiger partial charge in [-0.25, -0.2) is 9.59 Å². The molecule has 0 aliphatic heterocycles. The van der Waals surface area contributed by atoms with Crippen molar-refractivity contribution in [1.29, 1.82) is 0 Å². The van der Waals surface area contributed by atoms with Crippen molar-refractivity contribution in [2.24, 2.45) is 5.92 Å². The van der Waals surface area contributed by atoms with E-state index in [1.54, 1.807) is 42.5 Å². The highest BCUT2D eigenvalue weighted by atomic mass is 35.5. The van der Waals surface area contributed by atoms with Crippen LogP contribution in [0.15, 0.2) is 60.7 Å². The first kappa shape index (κ1) is 25.2. The Bertz CT molecular complexity index is 1090. The Balaban J connectivity index is 1.42. The Morgan fingerprint density at radius 2 is 1.71 bits per heavy atom.